The molecule has 0 bridgehead atoms. The lowest BCUT2D eigenvalue weighted by molar-refractivity contribution is -0.192. The molecule has 0 aromatic heterocycles. The predicted molar refractivity (Wildman–Crippen MR) is 106 cm³/mol. The van der Waals surface area contributed by atoms with Crippen LogP contribution < -0.4 is 4.74 Å². The number of carbonyl (C=O) groups is 2. The van der Waals surface area contributed by atoms with Gasteiger partial charge >= 0.3 is 12.1 Å². The summed E-state index contributed by atoms with van der Waals surface area (Å²) in [5, 5.41) is 6.77. The molecule has 12 heteroatoms. The molecule has 1 amide bonds. The number of halogens is 3. The highest BCUT2D eigenvalue weighted by Gasteiger charge is 2.42. The van der Waals surface area contributed by atoms with Crippen LogP contribution in [0, 0.1) is 0 Å². The van der Waals surface area contributed by atoms with Gasteiger partial charge in [0.05, 0.1) is 18.1 Å². The van der Waals surface area contributed by atoms with Crippen molar-refractivity contribution in [2.75, 3.05) is 39.5 Å². The molecule has 0 saturated carbocycles. The second-order valence-corrected chi connectivity index (χ2v) is 9.69. The van der Waals surface area contributed by atoms with E-state index >= 15 is 0 Å². The minimum atomic E-state index is -5.08. The van der Waals surface area contributed by atoms with Gasteiger partial charge in [-0.25, -0.2) is 13.2 Å². The lowest BCUT2D eigenvalue weighted by Crippen LogP contribution is -2.52. The van der Waals surface area contributed by atoms with Gasteiger partial charge in [-0.2, -0.15) is 13.2 Å². The minimum Gasteiger partial charge on any atom is -0.497 e. The lowest BCUT2D eigenvalue weighted by Gasteiger charge is -2.37. The Kier molecular flexibility index (Phi) is 7.93. The first-order valence-corrected chi connectivity index (χ1v) is 11.2. The number of alkyl halides is 3. The molecule has 1 aromatic rings. The number of amides is 1. The highest BCUT2D eigenvalue weighted by molar-refractivity contribution is 7.92. The monoisotopic (exact) mass is 466 g/mol. The van der Waals surface area contributed by atoms with Crippen molar-refractivity contribution in [2.45, 2.75) is 30.3 Å². The van der Waals surface area contributed by atoms with Crippen molar-refractivity contribution in [3.8, 4) is 5.75 Å². The van der Waals surface area contributed by atoms with Gasteiger partial charge in [-0.3, -0.25) is 4.79 Å². The molecular weight excluding hydrogens is 441 g/mol. The van der Waals surface area contributed by atoms with Gasteiger partial charge in [-0.05, 0) is 44.2 Å². The van der Waals surface area contributed by atoms with Gasteiger partial charge in [-0.15, -0.1) is 0 Å². The molecule has 3 rings (SSSR count). The smallest absolute Gasteiger partial charge is 0.490 e. The number of sulfone groups is 1. The lowest BCUT2D eigenvalue weighted by atomic mass is 10.1. The van der Waals surface area contributed by atoms with Crippen molar-refractivity contribution >= 4 is 21.7 Å². The highest BCUT2D eigenvalue weighted by Crippen LogP contribution is 2.27. The SMILES string of the molecule is COc1ccc(C(=O)N2CC[C@@H]3[C@H](CC2)N(C)CCS3(=O)=O)cc1.O=C(O)C(F)(F)F. The molecule has 8 nitrogen and oxygen atoms in total. The van der Waals surface area contributed by atoms with E-state index in [0.29, 0.717) is 43.8 Å². The fraction of sp³-hybridized carbons (Fsp3) is 0.579. The number of hydrogen-bond donors (Lipinski definition) is 1. The van der Waals surface area contributed by atoms with Crippen molar-refractivity contribution < 1.29 is 41.0 Å². The van der Waals surface area contributed by atoms with Crippen molar-refractivity contribution in [2.24, 2.45) is 0 Å². The van der Waals surface area contributed by atoms with Gasteiger partial charge in [0, 0.05) is 31.2 Å². The van der Waals surface area contributed by atoms with Crippen LogP contribution in [0.25, 0.3) is 0 Å². The molecule has 2 fully saturated rings. The van der Waals surface area contributed by atoms with E-state index in [-0.39, 0.29) is 23.0 Å². The van der Waals surface area contributed by atoms with Crippen LogP contribution in [0.2, 0.25) is 0 Å². The Labute approximate surface area is 178 Å². The molecule has 2 aliphatic heterocycles. The topological polar surface area (TPSA) is 104 Å². The van der Waals surface area contributed by atoms with E-state index in [2.05, 4.69) is 4.90 Å². The molecule has 0 spiro atoms. The number of carbonyl (C=O) groups excluding carboxylic acids is 1. The summed E-state index contributed by atoms with van der Waals surface area (Å²) in [6.45, 7) is 1.65. The summed E-state index contributed by atoms with van der Waals surface area (Å²) in [6.07, 6.45) is -3.87. The number of fused-ring (bicyclic) bond motifs is 1. The van der Waals surface area contributed by atoms with Crippen molar-refractivity contribution in [3.63, 3.8) is 0 Å². The van der Waals surface area contributed by atoms with Crippen LogP contribution in [0.5, 0.6) is 5.75 Å². The number of nitrogens with zero attached hydrogens (tertiary/aromatic N) is 2. The number of methoxy groups -OCH3 is 1. The zero-order chi connectivity index (χ0) is 23.4. The molecule has 0 radical (unpaired) electrons. The summed E-state index contributed by atoms with van der Waals surface area (Å²) in [5.41, 5.74) is 0.608. The van der Waals surface area contributed by atoms with E-state index in [4.69, 9.17) is 14.6 Å². The van der Waals surface area contributed by atoms with E-state index in [1.54, 1.807) is 36.3 Å². The Morgan fingerprint density at radius 3 is 2.16 bits per heavy atom. The molecule has 1 aromatic carbocycles. The van der Waals surface area contributed by atoms with Gasteiger partial charge in [0.2, 0.25) is 0 Å². The van der Waals surface area contributed by atoms with Crippen LogP contribution in [0.3, 0.4) is 0 Å². The minimum absolute atomic E-state index is 0.0115. The normalized spacial score (nSPS) is 23.6. The van der Waals surface area contributed by atoms with Gasteiger partial charge in [0.25, 0.3) is 5.91 Å². The van der Waals surface area contributed by atoms with Crippen LogP contribution in [-0.4, -0.2) is 92.2 Å². The first-order valence-electron chi connectivity index (χ1n) is 9.52. The van der Waals surface area contributed by atoms with Crippen LogP contribution >= 0.6 is 0 Å². The first-order chi connectivity index (χ1) is 14.4. The first kappa shape index (κ1) is 24.9. The summed E-state index contributed by atoms with van der Waals surface area (Å²) in [7, 11) is 0.508. The largest absolute Gasteiger partial charge is 0.497 e. The van der Waals surface area contributed by atoms with E-state index < -0.39 is 22.0 Å². The fourth-order valence-corrected chi connectivity index (χ4v) is 5.82. The van der Waals surface area contributed by atoms with Crippen LogP contribution in [0.1, 0.15) is 23.2 Å². The maximum Gasteiger partial charge on any atom is 0.490 e. The zero-order valence-corrected chi connectivity index (χ0v) is 17.9. The second kappa shape index (κ2) is 9.86. The number of likely N-dealkylation sites (tertiary alicyclic amines) is 1. The van der Waals surface area contributed by atoms with E-state index in [1.807, 2.05) is 7.05 Å². The second-order valence-electron chi connectivity index (χ2n) is 7.35. The Morgan fingerprint density at radius 1 is 1.10 bits per heavy atom. The maximum atomic E-state index is 12.7. The highest BCUT2D eigenvalue weighted by atomic mass is 32.2. The third-order valence-electron chi connectivity index (χ3n) is 5.43. The summed E-state index contributed by atoms with van der Waals surface area (Å²) in [5.74, 6) is -1.87. The number of rotatable bonds is 2. The summed E-state index contributed by atoms with van der Waals surface area (Å²) in [6, 6.07) is 7.05. The number of hydrogen-bond acceptors (Lipinski definition) is 6. The molecule has 2 saturated heterocycles. The van der Waals surface area contributed by atoms with Crippen LogP contribution in [-0.2, 0) is 14.6 Å². The fourth-order valence-electron chi connectivity index (χ4n) is 3.69. The summed E-state index contributed by atoms with van der Waals surface area (Å²) in [4.78, 5) is 25.5. The van der Waals surface area contributed by atoms with Crippen molar-refractivity contribution in [1.29, 1.82) is 0 Å². The van der Waals surface area contributed by atoms with E-state index in [0.717, 1.165) is 0 Å². The summed E-state index contributed by atoms with van der Waals surface area (Å²) < 4.78 is 61.6. The summed E-state index contributed by atoms with van der Waals surface area (Å²) >= 11 is 0. The third kappa shape index (κ3) is 6.33. The standard InChI is InChI=1S/C17H24N2O4S.C2HF3O2/c1-18-11-12-24(21,22)16-8-10-19(9-7-15(16)18)17(20)13-3-5-14(23-2)6-4-13;3-2(4,5)1(6)7/h3-6,15-16H,7-12H2,1-2H3;(H,6,7)/t15-,16+;/m0./s1. The number of ether oxygens (including phenoxy) is 1. The van der Waals surface area contributed by atoms with Gasteiger partial charge < -0.3 is 19.6 Å². The number of aliphatic carboxylic acids is 1. The Hall–Kier alpha value is -2.34. The van der Waals surface area contributed by atoms with Crippen LogP contribution in [0.4, 0.5) is 13.2 Å². The zero-order valence-electron chi connectivity index (χ0n) is 17.1. The Balaban J connectivity index is 0.000000423. The maximum absolute atomic E-state index is 12.7. The number of carboxylic acids is 1. The molecule has 31 heavy (non-hydrogen) atoms. The van der Waals surface area contributed by atoms with Crippen molar-refractivity contribution in [3.05, 3.63) is 29.8 Å². The van der Waals surface area contributed by atoms with Crippen LogP contribution in [0.15, 0.2) is 24.3 Å². The van der Waals surface area contributed by atoms with Crippen molar-refractivity contribution in [1.82, 2.24) is 9.80 Å². The predicted octanol–water partition coefficient (Wildman–Crippen LogP) is 1.66. The third-order valence-corrected chi connectivity index (χ3v) is 7.65. The molecule has 174 valence electrons. The van der Waals surface area contributed by atoms with Gasteiger partial charge in [0.15, 0.2) is 9.84 Å². The van der Waals surface area contributed by atoms with Gasteiger partial charge in [-0.1, -0.05) is 0 Å². The molecule has 2 atom stereocenters. The average molecular weight is 466 g/mol. The molecule has 2 heterocycles. The quantitative estimate of drug-likeness (QED) is 0.707. The molecule has 0 unspecified atom stereocenters. The number of benzene rings is 1. The molecule has 0 aliphatic carbocycles. The number of carboxylic acid groups (broad SMARTS) is 1. The average Bonchev–Trinajstić information content (AvgIpc) is 2.95. The van der Waals surface area contributed by atoms with E-state index in [9.17, 15) is 26.4 Å². The Bertz CT molecular complexity index is 889. The Morgan fingerprint density at radius 2 is 1.65 bits per heavy atom. The molecule has 1 N–H and O–H groups in total. The van der Waals surface area contributed by atoms with E-state index in [1.165, 1.54) is 0 Å². The molecular formula is C19H25F3N2O6S. The molecule has 2 aliphatic rings. The van der Waals surface area contributed by atoms with Gasteiger partial charge in [0.1, 0.15) is 5.75 Å².